The van der Waals surface area contributed by atoms with E-state index in [-0.39, 0.29) is 16.3 Å². The van der Waals surface area contributed by atoms with E-state index < -0.39 is 22.4 Å². The smallest absolute Gasteiger partial charge is 0.141 e. The third-order valence-corrected chi connectivity index (χ3v) is 4.26. The lowest BCUT2D eigenvalue weighted by atomic mass is 10.2. The molecule has 2 aromatic carbocycles. The van der Waals surface area contributed by atoms with Crippen LogP contribution >= 0.6 is 11.6 Å². The van der Waals surface area contributed by atoms with Gasteiger partial charge in [-0.1, -0.05) is 11.6 Å². The second-order valence-electron chi connectivity index (χ2n) is 3.92. The van der Waals surface area contributed by atoms with Crippen molar-refractivity contribution in [1.82, 2.24) is 0 Å². The highest BCUT2D eigenvalue weighted by Gasteiger charge is 2.13. The van der Waals surface area contributed by atoms with Gasteiger partial charge in [0.25, 0.3) is 0 Å². The highest BCUT2D eigenvalue weighted by atomic mass is 35.5. The molecule has 0 spiro atoms. The summed E-state index contributed by atoms with van der Waals surface area (Å²) in [6.45, 7) is 0. The summed E-state index contributed by atoms with van der Waals surface area (Å²) in [5.41, 5.74) is 6.04. The molecule has 6 heteroatoms. The van der Waals surface area contributed by atoms with Gasteiger partial charge < -0.3 is 5.73 Å². The van der Waals surface area contributed by atoms with Crippen molar-refractivity contribution in [3.63, 3.8) is 0 Å². The van der Waals surface area contributed by atoms with Crippen molar-refractivity contribution in [3.8, 4) is 0 Å². The fraction of sp³-hybridized carbons (Fsp3) is 0.0769. The first-order valence-electron chi connectivity index (χ1n) is 5.34. The SMILES string of the molecule is Nc1ccc(S(=O)Cc2cc(F)ccc2Cl)c(F)c1. The fourth-order valence-corrected chi connectivity index (χ4v) is 3.01. The average molecular weight is 302 g/mol. The van der Waals surface area contributed by atoms with Crippen molar-refractivity contribution in [1.29, 1.82) is 0 Å². The van der Waals surface area contributed by atoms with Gasteiger partial charge in [-0.2, -0.15) is 0 Å². The van der Waals surface area contributed by atoms with Gasteiger partial charge in [0.05, 0.1) is 21.4 Å². The van der Waals surface area contributed by atoms with Crippen LogP contribution in [0.3, 0.4) is 0 Å². The number of rotatable bonds is 3. The lowest BCUT2D eigenvalue weighted by molar-refractivity contribution is 0.596. The van der Waals surface area contributed by atoms with E-state index in [9.17, 15) is 13.0 Å². The molecule has 0 aliphatic rings. The number of hydrogen-bond acceptors (Lipinski definition) is 2. The van der Waals surface area contributed by atoms with Crippen molar-refractivity contribution in [2.75, 3.05) is 5.73 Å². The van der Waals surface area contributed by atoms with Crippen LogP contribution < -0.4 is 5.73 Å². The van der Waals surface area contributed by atoms with E-state index in [1.165, 1.54) is 30.3 Å². The molecule has 2 nitrogen and oxygen atoms in total. The molecule has 0 saturated carbocycles. The Balaban J connectivity index is 2.28. The zero-order valence-corrected chi connectivity index (χ0v) is 11.3. The molecule has 0 heterocycles. The van der Waals surface area contributed by atoms with Crippen LogP contribution in [0, 0.1) is 11.6 Å². The quantitative estimate of drug-likeness (QED) is 0.882. The maximum Gasteiger partial charge on any atom is 0.141 e. The molecule has 0 radical (unpaired) electrons. The van der Waals surface area contributed by atoms with Crippen LogP contribution in [0.25, 0.3) is 0 Å². The van der Waals surface area contributed by atoms with Crippen LogP contribution in [0.2, 0.25) is 5.02 Å². The summed E-state index contributed by atoms with van der Waals surface area (Å²) >= 11 is 5.88. The Bertz CT molecular complexity index is 649. The summed E-state index contributed by atoms with van der Waals surface area (Å²) in [6.07, 6.45) is 0. The topological polar surface area (TPSA) is 43.1 Å². The van der Waals surface area contributed by atoms with Crippen molar-refractivity contribution < 1.29 is 13.0 Å². The van der Waals surface area contributed by atoms with Crippen LogP contribution in [-0.4, -0.2) is 4.21 Å². The van der Waals surface area contributed by atoms with Gasteiger partial charge in [0, 0.05) is 10.7 Å². The van der Waals surface area contributed by atoms with E-state index in [0.29, 0.717) is 10.6 Å². The highest BCUT2D eigenvalue weighted by Crippen LogP contribution is 2.23. The Morgan fingerprint density at radius 2 is 1.89 bits per heavy atom. The Morgan fingerprint density at radius 1 is 1.16 bits per heavy atom. The first-order chi connectivity index (χ1) is 8.97. The Morgan fingerprint density at radius 3 is 2.58 bits per heavy atom. The number of anilines is 1. The van der Waals surface area contributed by atoms with E-state index in [2.05, 4.69) is 0 Å². The molecular formula is C13H10ClF2NOS. The zero-order chi connectivity index (χ0) is 14.0. The van der Waals surface area contributed by atoms with Gasteiger partial charge in [-0.3, -0.25) is 4.21 Å². The van der Waals surface area contributed by atoms with E-state index >= 15 is 0 Å². The van der Waals surface area contributed by atoms with Crippen molar-refractivity contribution in [3.05, 3.63) is 58.6 Å². The summed E-state index contributed by atoms with van der Waals surface area (Å²) in [5, 5.41) is 0.297. The maximum absolute atomic E-state index is 13.6. The second-order valence-corrected chi connectivity index (χ2v) is 5.74. The number of hydrogen-bond donors (Lipinski definition) is 1. The minimum absolute atomic E-state index is 0.0227. The minimum atomic E-state index is -1.65. The van der Waals surface area contributed by atoms with Gasteiger partial charge in [-0.05, 0) is 42.0 Å². The molecule has 0 saturated heterocycles. The monoisotopic (exact) mass is 301 g/mol. The van der Waals surface area contributed by atoms with E-state index in [0.717, 1.165) is 6.07 Å². The average Bonchev–Trinajstić information content (AvgIpc) is 2.33. The van der Waals surface area contributed by atoms with Crippen molar-refractivity contribution in [2.24, 2.45) is 0 Å². The summed E-state index contributed by atoms with van der Waals surface area (Å²) in [5.74, 6) is -1.18. The molecule has 0 bridgehead atoms. The molecule has 100 valence electrons. The summed E-state index contributed by atoms with van der Waals surface area (Å²) < 4.78 is 38.7. The molecular weight excluding hydrogens is 292 g/mol. The molecule has 1 unspecified atom stereocenters. The predicted molar refractivity (Wildman–Crippen MR) is 72.3 cm³/mol. The Labute approximate surface area is 116 Å². The summed E-state index contributed by atoms with van der Waals surface area (Å²) in [4.78, 5) is 0.0227. The molecule has 1 atom stereocenters. The highest BCUT2D eigenvalue weighted by molar-refractivity contribution is 7.84. The molecule has 0 fully saturated rings. The first kappa shape index (κ1) is 14.0. The Hall–Kier alpha value is -1.46. The second kappa shape index (κ2) is 5.67. The third kappa shape index (κ3) is 3.30. The molecule has 0 aliphatic carbocycles. The normalized spacial score (nSPS) is 12.4. The third-order valence-electron chi connectivity index (χ3n) is 2.50. The number of nitrogens with two attached hydrogens (primary N) is 1. The van der Waals surface area contributed by atoms with Crippen LogP contribution in [-0.2, 0) is 16.6 Å². The molecule has 0 aliphatic heterocycles. The van der Waals surface area contributed by atoms with Gasteiger partial charge in [0.1, 0.15) is 11.6 Å². The molecule has 0 amide bonds. The van der Waals surface area contributed by atoms with Crippen molar-refractivity contribution >= 4 is 28.1 Å². The number of benzene rings is 2. The first-order valence-corrected chi connectivity index (χ1v) is 7.04. The molecule has 2 rings (SSSR count). The van der Waals surface area contributed by atoms with Gasteiger partial charge in [0.2, 0.25) is 0 Å². The predicted octanol–water partition coefficient (Wildman–Crippen LogP) is 3.51. The number of nitrogen functional groups attached to an aromatic ring is 1. The number of halogens is 3. The maximum atomic E-state index is 13.6. The van der Waals surface area contributed by atoms with E-state index in [4.69, 9.17) is 17.3 Å². The summed E-state index contributed by atoms with van der Waals surface area (Å²) in [7, 11) is -1.65. The Kier molecular flexibility index (Phi) is 4.17. The van der Waals surface area contributed by atoms with Gasteiger partial charge >= 0.3 is 0 Å². The standard InChI is InChI=1S/C13H10ClF2NOS/c14-11-3-1-9(15)5-8(11)7-19(18)13-4-2-10(17)6-12(13)16/h1-6H,7,17H2. The molecule has 19 heavy (non-hydrogen) atoms. The molecule has 2 N–H and O–H groups in total. The summed E-state index contributed by atoms with van der Waals surface area (Å²) in [6, 6.07) is 7.69. The fourth-order valence-electron chi connectivity index (χ4n) is 1.57. The van der Waals surface area contributed by atoms with Crippen LogP contribution in [0.1, 0.15) is 5.56 Å². The van der Waals surface area contributed by atoms with Gasteiger partial charge in [0.15, 0.2) is 0 Å². The molecule has 2 aromatic rings. The zero-order valence-electron chi connectivity index (χ0n) is 9.70. The van der Waals surface area contributed by atoms with Crippen LogP contribution in [0.4, 0.5) is 14.5 Å². The van der Waals surface area contributed by atoms with E-state index in [1.807, 2.05) is 0 Å². The van der Waals surface area contributed by atoms with Crippen LogP contribution in [0.5, 0.6) is 0 Å². The largest absolute Gasteiger partial charge is 0.399 e. The minimum Gasteiger partial charge on any atom is -0.399 e. The van der Waals surface area contributed by atoms with Gasteiger partial charge in [-0.25, -0.2) is 8.78 Å². The van der Waals surface area contributed by atoms with Crippen molar-refractivity contribution in [2.45, 2.75) is 10.6 Å². The van der Waals surface area contributed by atoms with E-state index in [1.54, 1.807) is 0 Å². The molecule has 0 aromatic heterocycles. The van der Waals surface area contributed by atoms with Gasteiger partial charge in [-0.15, -0.1) is 0 Å². The van der Waals surface area contributed by atoms with Crippen LogP contribution in [0.15, 0.2) is 41.3 Å². The lowest BCUT2D eigenvalue weighted by Crippen LogP contribution is -2.01. The lowest BCUT2D eigenvalue weighted by Gasteiger charge is -2.06.